The van der Waals surface area contributed by atoms with Gasteiger partial charge >= 0.3 is 0 Å². The van der Waals surface area contributed by atoms with E-state index < -0.39 is 0 Å². The second-order valence-electron chi connectivity index (χ2n) is 7.49. The zero-order valence-electron chi connectivity index (χ0n) is 18.8. The Morgan fingerprint density at radius 1 is 0.314 bits per heavy atom. The molecule has 5 heteroatoms. The van der Waals surface area contributed by atoms with Gasteiger partial charge in [0, 0.05) is 42.0 Å². The predicted molar refractivity (Wildman–Crippen MR) is 137 cm³/mol. The van der Waals surface area contributed by atoms with Crippen LogP contribution in [0.15, 0.2) is 127 Å². The molecule has 0 aliphatic heterocycles. The number of rotatable bonds is 0. The van der Waals surface area contributed by atoms with Gasteiger partial charge in [-0.2, -0.15) is 0 Å². The molecule has 0 saturated carbocycles. The molecular formula is C30H24ClHfO3-. The van der Waals surface area contributed by atoms with Crippen molar-refractivity contribution in [1.82, 2.24) is 0 Å². The number of phenolic OH excluding ortho intramolecular Hbond substituents is 3. The SMILES string of the molecule is Oc1cccc2ccccc12.Oc1cccc2ccccc12.Oc1cccc2ccccc12.[Cl-].[Hf]. The van der Waals surface area contributed by atoms with Crippen molar-refractivity contribution in [3.63, 3.8) is 0 Å². The molecule has 0 spiro atoms. The number of benzene rings is 6. The normalized spacial score (nSPS) is 9.60. The molecule has 6 aromatic rings. The van der Waals surface area contributed by atoms with Crippen LogP contribution in [0, 0.1) is 0 Å². The van der Waals surface area contributed by atoms with Crippen molar-refractivity contribution < 1.29 is 53.6 Å². The van der Waals surface area contributed by atoms with Crippen molar-refractivity contribution in [1.29, 1.82) is 0 Å². The maximum absolute atomic E-state index is 9.37. The molecule has 0 unspecified atom stereocenters. The average Bonchev–Trinajstić information content (AvgIpc) is 2.86. The van der Waals surface area contributed by atoms with Gasteiger partial charge in [-0.1, -0.05) is 109 Å². The van der Waals surface area contributed by atoms with E-state index in [4.69, 9.17) is 0 Å². The van der Waals surface area contributed by atoms with E-state index in [0.29, 0.717) is 17.2 Å². The van der Waals surface area contributed by atoms with Crippen LogP contribution in [-0.2, 0) is 25.8 Å². The third-order valence-corrected chi connectivity index (χ3v) is 5.30. The molecule has 0 radical (unpaired) electrons. The number of phenols is 3. The molecule has 0 aliphatic rings. The van der Waals surface area contributed by atoms with Crippen molar-refractivity contribution in [3.05, 3.63) is 127 Å². The quantitative estimate of drug-likeness (QED) is 0.211. The summed E-state index contributed by atoms with van der Waals surface area (Å²) in [6, 6.07) is 39.9. The Morgan fingerprint density at radius 3 is 0.800 bits per heavy atom. The summed E-state index contributed by atoms with van der Waals surface area (Å²) in [5, 5.41) is 34.1. The zero-order valence-corrected chi connectivity index (χ0v) is 23.2. The summed E-state index contributed by atoms with van der Waals surface area (Å²) < 4.78 is 0. The number of hydrogen-bond acceptors (Lipinski definition) is 3. The smallest absolute Gasteiger partial charge is 0.123 e. The van der Waals surface area contributed by atoms with E-state index >= 15 is 0 Å². The Bertz CT molecular complexity index is 1320. The Hall–Kier alpha value is -3.34. The van der Waals surface area contributed by atoms with E-state index in [0.717, 1.165) is 32.3 Å². The van der Waals surface area contributed by atoms with Crippen LogP contribution in [0.5, 0.6) is 17.2 Å². The van der Waals surface area contributed by atoms with Crippen LogP contribution >= 0.6 is 0 Å². The second kappa shape index (κ2) is 13.5. The molecule has 3 N–H and O–H groups in total. The molecule has 35 heavy (non-hydrogen) atoms. The van der Waals surface area contributed by atoms with E-state index in [-0.39, 0.29) is 38.3 Å². The number of halogens is 1. The third kappa shape index (κ3) is 7.08. The molecule has 0 aliphatic carbocycles. The van der Waals surface area contributed by atoms with Gasteiger partial charge in [0.1, 0.15) is 17.2 Å². The summed E-state index contributed by atoms with van der Waals surface area (Å²) in [5.74, 6) is 1.05. The van der Waals surface area contributed by atoms with Gasteiger partial charge < -0.3 is 27.7 Å². The molecule has 0 atom stereocenters. The van der Waals surface area contributed by atoms with Crippen molar-refractivity contribution in [2.24, 2.45) is 0 Å². The van der Waals surface area contributed by atoms with Gasteiger partial charge in [0.2, 0.25) is 0 Å². The maximum atomic E-state index is 9.37. The molecule has 0 aromatic heterocycles. The average molecular weight is 646 g/mol. The van der Waals surface area contributed by atoms with Crippen LogP contribution in [0.25, 0.3) is 32.3 Å². The molecule has 0 fully saturated rings. The first-order valence-electron chi connectivity index (χ1n) is 10.6. The standard InChI is InChI=1S/3C10H8O.ClH.Hf/c3*11-10-7-3-5-8-4-1-2-6-9(8)10;;/h3*1-7,11H;1H;/p-1. The van der Waals surface area contributed by atoms with Crippen LogP contribution in [-0.4, -0.2) is 15.3 Å². The van der Waals surface area contributed by atoms with Crippen LogP contribution in [0.4, 0.5) is 0 Å². The minimum absolute atomic E-state index is 0. The minimum atomic E-state index is 0. The van der Waals surface area contributed by atoms with Crippen LogP contribution in [0.2, 0.25) is 0 Å². The van der Waals surface area contributed by atoms with Crippen LogP contribution in [0.1, 0.15) is 0 Å². The Kier molecular flexibility index (Phi) is 10.8. The van der Waals surface area contributed by atoms with Gasteiger partial charge in [-0.15, -0.1) is 0 Å². The molecule has 6 aromatic carbocycles. The van der Waals surface area contributed by atoms with Gasteiger partial charge in [-0.3, -0.25) is 0 Å². The summed E-state index contributed by atoms with van der Waals surface area (Å²) in [6.45, 7) is 0. The number of fused-ring (bicyclic) bond motifs is 3. The van der Waals surface area contributed by atoms with Crippen molar-refractivity contribution in [2.75, 3.05) is 0 Å². The number of aromatic hydroxyl groups is 3. The van der Waals surface area contributed by atoms with Gasteiger partial charge in [0.25, 0.3) is 0 Å². The van der Waals surface area contributed by atoms with Crippen LogP contribution < -0.4 is 12.4 Å². The van der Waals surface area contributed by atoms with Gasteiger partial charge in [-0.25, -0.2) is 0 Å². The molecule has 0 amide bonds. The van der Waals surface area contributed by atoms with Gasteiger partial charge in [-0.05, 0) is 34.4 Å². The Balaban J connectivity index is 0.000000180. The van der Waals surface area contributed by atoms with Gasteiger partial charge in [0.05, 0.1) is 0 Å². The Morgan fingerprint density at radius 2 is 0.543 bits per heavy atom. The fraction of sp³-hybridized carbons (Fsp3) is 0. The van der Waals surface area contributed by atoms with Crippen molar-refractivity contribution >= 4 is 32.3 Å². The first-order valence-corrected chi connectivity index (χ1v) is 10.6. The fourth-order valence-electron chi connectivity index (χ4n) is 3.62. The topological polar surface area (TPSA) is 60.7 Å². The van der Waals surface area contributed by atoms with Gasteiger partial charge in [0.15, 0.2) is 0 Å². The van der Waals surface area contributed by atoms with E-state index in [1.165, 1.54) is 0 Å². The van der Waals surface area contributed by atoms with E-state index in [9.17, 15) is 15.3 Å². The molecule has 6 rings (SSSR count). The summed E-state index contributed by atoms with van der Waals surface area (Å²) in [6.07, 6.45) is 0. The fourth-order valence-corrected chi connectivity index (χ4v) is 3.62. The molecular weight excluding hydrogens is 622 g/mol. The summed E-state index contributed by atoms with van der Waals surface area (Å²) in [4.78, 5) is 0. The Labute approximate surface area is 229 Å². The maximum Gasteiger partial charge on any atom is 0.123 e. The first-order chi connectivity index (χ1) is 16.1. The largest absolute Gasteiger partial charge is 1.00 e. The summed E-state index contributed by atoms with van der Waals surface area (Å²) in [7, 11) is 0. The zero-order chi connectivity index (χ0) is 23.0. The molecule has 0 saturated heterocycles. The first kappa shape index (κ1) is 27.9. The summed E-state index contributed by atoms with van der Waals surface area (Å²) in [5.41, 5.74) is 0. The molecule has 174 valence electrons. The van der Waals surface area contributed by atoms with E-state index in [2.05, 4.69) is 0 Å². The molecule has 3 nitrogen and oxygen atoms in total. The van der Waals surface area contributed by atoms with E-state index in [1.807, 2.05) is 109 Å². The van der Waals surface area contributed by atoms with Crippen LogP contribution in [0.3, 0.4) is 0 Å². The molecule has 0 heterocycles. The van der Waals surface area contributed by atoms with E-state index in [1.54, 1.807) is 18.2 Å². The summed E-state index contributed by atoms with van der Waals surface area (Å²) >= 11 is 0. The number of hydrogen-bond donors (Lipinski definition) is 3. The van der Waals surface area contributed by atoms with Crippen molar-refractivity contribution in [2.45, 2.75) is 0 Å². The second-order valence-corrected chi connectivity index (χ2v) is 7.49. The third-order valence-electron chi connectivity index (χ3n) is 5.30. The molecule has 0 bridgehead atoms. The predicted octanol–water partition coefficient (Wildman–Crippen LogP) is 4.64. The van der Waals surface area contributed by atoms with Crippen molar-refractivity contribution in [3.8, 4) is 17.2 Å². The minimum Gasteiger partial charge on any atom is -1.00 e. The monoisotopic (exact) mass is 647 g/mol.